The molecule has 0 aliphatic rings. The highest BCUT2D eigenvalue weighted by atomic mass is 32.2. The highest BCUT2D eigenvalue weighted by Gasteiger charge is 2.16. The van der Waals surface area contributed by atoms with Gasteiger partial charge in [-0.3, -0.25) is 0 Å². The van der Waals surface area contributed by atoms with E-state index in [0.29, 0.717) is 18.6 Å². The van der Waals surface area contributed by atoms with Gasteiger partial charge in [0.1, 0.15) is 0 Å². The first-order chi connectivity index (χ1) is 7.86. The maximum Gasteiger partial charge on any atom is 0.335 e. The second-order valence-corrected chi connectivity index (χ2v) is 5.63. The van der Waals surface area contributed by atoms with Crippen LogP contribution in [0.5, 0.6) is 0 Å². The van der Waals surface area contributed by atoms with Gasteiger partial charge in [0.2, 0.25) is 0 Å². The summed E-state index contributed by atoms with van der Waals surface area (Å²) in [7, 11) is -1.92. The lowest BCUT2D eigenvalue weighted by Gasteiger charge is -2.08. The lowest BCUT2D eigenvalue weighted by molar-refractivity contribution is 0.0696. The van der Waals surface area contributed by atoms with Crippen molar-refractivity contribution in [3.63, 3.8) is 0 Å². The Morgan fingerprint density at radius 1 is 1.41 bits per heavy atom. The molecule has 17 heavy (non-hydrogen) atoms. The van der Waals surface area contributed by atoms with Crippen LogP contribution in [-0.4, -0.2) is 39.5 Å². The van der Waals surface area contributed by atoms with Gasteiger partial charge in [-0.15, -0.1) is 0 Å². The zero-order valence-electron chi connectivity index (χ0n) is 9.63. The first-order valence-electron chi connectivity index (χ1n) is 4.91. The molecule has 1 N–H and O–H groups in total. The van der Waals surface area contributed by atoms with Crippen molar-refractivity contribution in [1.29, 1.82) is 0 Å². The number of aromatic carboxylic acids is 1. The molecule has 6 heteroatoms. The van der Waals surface area contributed by atoms with Crippen LogP contribution >= 0.6 is 0 Å². The summed E-state index contributed by atoms with van der Waals surface area (Å²) in [5.41, 5.74) is 0.533. The zero-order chi connectivity index (χ0) is 13.1. The number of carbonyl (C=O) groups is 1. The third-order valence-corrected chi connectivity index (χ3v) is 3.47. The van der Waals surface area contributed by atoms with Crippen LogP contribution in [0.25, 0.3) is 0 Å². The van der Waals surface area contributed by atoms with E-state index in [2.05, 4.69) is 0 Å². The van der Waals surface area contributed by atoms with Gasteiger partial charge in [-0.25, -0.2) is 13.2 Å². The Hall–Kier alpha value is -1.40. The van der Waals surface area contributed by atoms with E-state index in [9.17, 15) is 13.2 Å². The summed E-state index contributed by atoms with van der Waals surface area (Å²) < 4.78 is 28.0. The van der Waals surface area contributed by atoms with Gasteiger partial charge in [-0.05, 0) is 24.1 Å². The standard InChI is InChI=1S/C11H14O5S/c1-16-6-5-8-3-4-9(11(12)13)7-10(8)17(2,14)15/h3-4,7H,5-6H2,1-2H3,(H,12,13). The van der Waals surface area contributed by atoms with Crippen LogP contribution in [0.3, 0.4) is 0 Å². The Kier molecular flexibility index (Phi) is 4.25. The monoisotopic (exact) mass is 258 g/mol. The summed E-state index contributed by atoms with van der Waals surface area (Å²) in [6, 6.07) is 4.09. The Morgan fingerprint density at radius 2 is 2.06 bits per heavy atom. The van der Waals surface area contributed by atoms with Crippen molar-refractivity contribution in [3.05, 3.63) is 29.3 Å². The molecule has 0 amide bonds. The number of ether oxygens (including phenoxy) is 1. The van der Waals surface area contributed by atoms with Gasteiger partial charge in [0.15, 0.2) is 9.84 Å². The van der Waals surface area contributed by atoms with Crippen LogP contribution in [0.2, 0.25) is 0 Å². The van der Waals surface area contributed by atoms with E-state index in [1.54, 1.807) is 0 Å². The number of rotatable bonds is 5. The molecule has 0 atom stereocenters. The van der Waals surface area contributed by atoms with Crippen molar-refractivity contribution in [2.45, 2.75) is 11.3 Å². The number of sulfone groups is 1. The number of hydrogen-bond acceptors (Lipinski definition) is 4. The number of benzene rings is 1. The van der Waals surface area contributed by atoms with Gasteiger partial charge < -0.3 is 9.84 Å². The average molecular weight is 258 g/mol. The van der Waals surface area contributed by atoms with E-state index in [1.807, 2.05) is 0 Å². The van der Waals surface area contributed by atoms with Gasteiger partial charge in [-0.1, -0.05) is 6.07 Å². The van der Waals surface area contributed by atoms with Crippen LogP contribution in [0, 0.1) is 0 Å². The predicted octanol–water partition coefficient (Wildman–Crippen LogP) is 0.977. The quantitative estimate of drug-likeness (QED) is 0.851. The van der Waals surface area contributed by atoms with E-state index in [0.717, 1.165) is 6.26 Å². The Balaban J connectivity index is 3.27. The SMILES string of the molecule is COCCc1ccc(C(=O)O)cc1S(C)(=O)=O. The molecule has 0 aromatic heterocycles. The Labute approximate surface area is 100.0 Å². The fourth-order valence-corrected chi connectivity index (χ4v) is 2.44. The summed E-state index contributed by atoms with van der Waals surface area (Å²) in [6.07, 6.45) is 1.49. The van der Waals surface area contributed by atoms with E-state index in [4.69, 9.17) is 9.84 Å². The van der Waals surface area contributed by atoms with Gasteiger partial charge in [-0.2, -0.15) is 0 Å². The van der Waals surface area contributed by atoms with Crippen LogP contribution in [-0.2, 0) is 21.0 Å². The fourth-order valence-electron chi connectivity index (χ4n) is 1.45. The molecule has 1 aromatic carbocycles. The van der Waals surface area contributed by atoms with Crippen molar-refractivity contribution in [2.24, 2.45) is 0 Å². The fraction of sp³-hybridized carbons (Fsp3) is 0.364. The zero-order valence-corrected chi connectivity index (χ0v) is 10.5. The molecule has 94 valence electrons. The van der Waals surface area contributed by atoms with E-state index < -0.39 is 15.8 Å². The first kappa shape index (κ1) is 13.7. The lowest BCUT2D eigenvalue weighted by Crippen LogP contribution is -2.07. The number of carboxylic acid groups (broad SMARTS) is 1. The number of carboxylic acids is 1. The van der Waals surface area contributed by atoms with E-state index in [1.165, 1.54) is 25.3 Å². The van der Waals surface area contributed by atoms with Crippen LogP contribution in [0.4, 0.5) is 0 Å². The van der Waals surface area contributed by atoms with Gasteiger partial charge in [0, 0.05) is 13.4 Å². The molecule has 0 radical (unpaired) electrons. The third-order valence-electron chi connectivity index (χ3n) is 2.29. The molecule has 1 aromatic rings. The van der Waals surface area contributed by atoms with Crippen molar-refractivity contribution in [3.8, 4) is 0 Å². The van der Waals surface area contributed by atoms with Gasteiger partial charge >= 0.3 is 5.97 Å². The molecule has 0 spiro atoms. The first-order valence-corrected chi connectivity index (χ1v) is 6.80. The minimum absolute atomic E-state index is 0.0356. The topological polar surface area (TPSA) is 80.7 Å². The Morgan fingerprint density at radius 3 is 2.53 bits per heavy atom. The average Bonchev–Trinajstić information content (AvgIpc) is 2.24. The Bertz CT molecular complexity index is 519. The largest absolute Gasteiger partial charge is 0.478 e. The molecule has 0 bridgehead atoms. The van der Waals surface area contributed by atoms with Crippen molar-refractivity contribution < 1.29 is 23.1 Å². The minimum Gasteiger partial charge on any atom is -0.478 e. The highest BCUT2D eigenvalue weighted by molar-refractivity contribution is 7.90. The molecule has 1 rings (SSSR count). The normalized spacial score (nSPS) is 11.4. The van der Waals surface area contributed by atoms with Crippen LogP contribution in [0.15, 0.2) is 23.1 Å². The second kappa shape index (κ2) is 5.29. The smallest absolute Gasteiger partial charge is 0.335 e. The molecular formula is C11H14O5S. The molecule has 0 unspecified atom stereocenters. The van der Waals surface area contributed by atoms with E-state index in [-0.39, 0.29) is 10.5 Å². The number of methoxy groups -OCH3 is 1. The molecule has 0 aliphatic carbocycles. The molecule has 0 aliphatic heterocycles. The van der Waals surface area contributed by atoms with Gasteiger partial charge in [0.05, 0.1) is 17.1 Å². The molecule has 0 saturated carbocycles. The predicted molar refractivity (Wildman–Crippen MR) is 62.1 cm³/mol. The summed E-state index contributed by atoms with van der Waals surface area (Å²) in [5, 5.41) is 8.82. The molecular weight excluding hydrogens is 244 g/mol. The minimum atomic E-state index is -3.44. The summed E-state index contributed by atoms with van der Waals surface area (Å²) >= 11 is 0. The maximum absolute atomic E-state index is 11.6. The summed E-state index contributed by atoms with van der Waals surface area (Å²) in [4.78, 5) is 10.8. The van der Waals surface area contributed by atoms with Crippen LogP contribution < -0.4 is 0 Å². The molecule has 5 nitrogen and oxygen atoms in total. The second-order valence-electron chi connectivity index (χ2n) is 3.64. The van der Waals surface area contributed by atoms with Crippen molar-refractivity contribution in [1.82, 2.24) is 0 Å². The van der Waals surface area contributed by atoms with Gasteiger partial charge in [0.25, 0.3) is 0 Å². The summed E-state index contributed by atoms with van der Waals surface area (Å²) in [6.45, 7) is 0.384. The molecule has 0 heterocycles. The summed E-state index contributed by atoms with van der Waals surface area (Å²) in [5.74, 6) is -1.15. The molecule has 0 saturated heterocycles. The third kappa shape index (κ3) is 3.54. The highest BCUT2D eigenvalue weighted by Crippen LogP contribution is 2.18. The van der Waals surface area contributed by atoms with E-state index >= 15 is 0 Å². The van der Waals surface area contributed by atoms with Crippen molar-refractivity contribution in [2.75, 3.05) is 20.0 Å². The van der Waals surface area contributed by atoms with Crippen LogP contribution in [0.1, 0.15) is 15.9 Å². The van der Waals surface area contributed by atoms with Crippen molar-refractivity contribution >= 4 is 15.8 Å². The lowest BCUT2D eigenvalue weighted by atomic mass is 10.1. The maximum atomic E-state index is 11.6. The molecule has 0 fully saturated rings. The number of hydrogen-bond donors (Lipinski definition) is 1.